The third-order valence-corrected chi connectivity index (χ3v) is 3.47. The second-order valence-corrected chi connectivity index (χ2v) is 6.06. The highest BCUT2D eigenvalue weighted by atomic mass is 15.2. The van der Waals surface area contributed by atoms with Gasteiger partial charge in [0, 0.05) is 24.2 Å². The van der Waals surface area contributed by atoms with Gasteiger partial charge in [-0.05, 0) is 19.3 Å². The van der Waals surface area contributed by atoms with Gasteiger partial charge in [0.15, 0.2) is 0 Å². The summed E-state index contributed by atoms with van der Waals surface area (Å²) in [4.78, 5) is 9.24. The first-order chi connectivity index (χ1) is 10.6. The van der Waals surface area contributed by atoms with Gasteiger partial charge in [0.05, 0.1) is 5.69 Å². The fraction of sp³-hybridized carbons (Fsp3) is 0.444. The van der Waals surface area contributed by atoms with Gasteiger partial charge in [-0.1, -0.05) is 51.1 Å². The van der Waals surface area contributed by atoms with E-state index in [4.69, 9.17) is 0 Å². The van der Waals surface area contributed by atoms with Gasteiger partial charge in [-0.2, -0.15) is 4.98 Å². The van der Waals surface area contributed by atoms with Crippen LogP contribution in [-0.2, 0) is 0 Å². The van der Waals surface area contributed by atoms with Crippen LogP contribution in [0.15, 0.2) is 36.4 Å². The standard InChI is InChI=1S/C18H26N4/c1-5-14(4)20-18-21-16(15-9-7-6-8-10-15)11-17(22-18)19-12-13(2)3/h6-11,13-14H,5,12H2,1-4H3,(H2,19,20,21,22). The van der Waals surface area contributed by atoms with E-state index in [1.54, 1.807) is 0 Å². The van der Waals surface area contributed by atoms with E-state index in [1.807, 2.05) is 24.3 Å². The first kappa shape index (κ1) is 16.3. The Morgan fingerprint density at radius 3 is 2.41 bits per heavy atom. The van der Waals surface area contributed by atoms with E-state index < -0.39 is 0 Å². The van der Waals surface area contributed by atoms with Gasteiger partial charge >= 0.3 is 0 Å². The molecule has 0 bridgehead atoms. The molecule has 2 aromatic rings. The minimum Gasteiger partial charge on any atom is -0.370 e. The molecule has 0 aliphatic rings. The average Bonchev–Trinajstić information content (AvgIpc) is 2.53. The number of hydrogen-bond acceptors (Lipinski definition) is 4. The van der Waals surface area contributed by atoms with E-state index >= 15 is 0 Å². The summed E-state index contributed by atoms with van der Waals surface area (Å²) in [6.07, 6.45) is 1.04. The molecule has 4 heteroatoms. The van der Waals surface area contributed by atoms with Crippen LogP contribution < -0.4 is 10.6 Å². The van der Waals surface area contributed by atoms with Gasteiger partial charge < -0.3 is 10.6 Å². The van der Waals surface area contributed by atoms with Crippen LogP contribution in [-0.4, -0.2) is 22.6 Å². The molecule has 1 atom stereocenters. The lowest BCUT2D eigenvalue weighted by Crippen LogP contribution is -2.17. The van der Waals surface area contributed by atoms with E-state index in [9.17, 15) is 0 Å². The van der Waals surface area contributed by atoms with Crippen molar-refractivity contribution in [1.82, 2.24) is 9.97 Å². The molecule has 0 aliphatic heterocycles. The smallest absolute Gasteiger partial charge is 0.225 e. The normalized spacial score (nSPS) is 12.2. The first-order valence-electron chi connectivity index (χ1n) is 8.03. The van der Waals surface area contributed by atoms with Crippen LogP contribution in [0.3, 0.4) is 0 Å². The van der Waals surface area contributed by atoms with Gasteiger partial charge in [0.2, 0.25) is 5.95 Å². The van der Waals surface area contributed by atoms with Gasteiger partial charge in [-0.25, -0.2) is 4.98 Å². The van der Waals surface area contributed by atoms with Gasteiger partial charge in [-0.3, -0.25) is 0 Å². The van der Waals surface area contributed by atoms with E-state index in [0.29, 0.717) is 17.9 Å². The third-order valence-electron chi connectivity index (χ3n) is 3.47. The summed E-state index contributed by atoms with van der Waals surface area (Å²) in [7, 11) is 0. The minimum atomic E-state index is 0.351. The molecule has 22 heavy (non-hydrogen) atoms. The van der Waals surface area contributed by atoms with Crippen LogP contribution in [0, 0.1) is 5.92 Å². The van der Waals surface area contributed by atoms with E-state index in [-0.39, 0.29) is 0 Å². The maximum absolute atomic E-state index is 4.66. The van der Waals surface area contributed by atoms with E-state index in [2.05, 4.69) is 60.4 Å². The van der Waals surface area contributed by atoms with Gasteiger partial charge in [0.25, 0.3) is 0 Å². The molecule has 0 spiro atoms. The summed E-state index contributed by atoms with van der Waals surface area (Å²) < 4.78 is 0. The van der Waals surface area contributed by atoms with Crippen molar-refractivity contribution < 1.29 is 0 Å². The van der Waals surface area contributed by atoms with Crippen molar-refractivity contribution in [2.45, 2.75) is 40.2 Å². The lowest BCUT2D eigenvalue weighted by atomic mass is 10.1. The SMILES string of the molecule is CCC(C)Nc1nc(NCC(C)C)cc(-c2ccccc2)n1. The second kappa shape index (κ2) is 7.78. The Hall–Kier alpha value is -2.10. The molecule has 0 radical (unpaired) electrons. The van der Waals surface area contributed by atoms with Crippen molar-refractivity contribution in [3.63, 3.8) is 0 Å². The summed E-state index contributed by atoms with van der Waals surface area (Å²) in [5.74, 6) is 2.12. The highest BCUT2D eigenvalue weighted by Gasteiger charge is 2.08. The molecule has 118 valence electrons. The maximum atomic E-state index is 4.66. The zero-order valence-corrected chi connectivity index (χ0v) is 13.9. The molecule has 1 unspecified atom stereocenters. The average molecular weight is 298 g/mol. The molecule has 0 saturated carbocycles. The Morgan fingerprint density at radius 1 is 1.05 bits per heavy atom. The lowest BCUT2D eigenvalue weighted by Gasteiger charge is -2.15. The van der Waals surface area contributed by atoms with E-state index in [0.717, 1.165) is 30.0 Å². The van der Waals surface area contributed by atoms with E-state index in [1.165, 1.54) is 0 Å². The molecule has 1 aromatic carbocycles. The number of rotatable bonds is 7. The fourth-order valence-electron chi connectivity index (χ4n) is 1.99. The van der Waals surface area contributed by atoms with Crippen molar-refractivity contribution in [2.24, 2.45) is 5.92 Å². The predicted octanol–water partition coefficient (Wildman–Crippen LogP) is 4.42. The quantitative estimate of drug-likeness (QED) is 0.794. The number of aromatic nitrogens is 2. The van der Waals surface area contributed by atoms with Crippen LogP contribution in [0.25, 0.3) is 11.3 Å². The number of anilines is 2. The Kier molecular flexibility index (Phi) is 5.75. The number of nitrogens with one attached hydrogen (secondary N) is 2. The predicted molar refractivity (Wildman–Crippen MR) is 94.2 cm³/mol. The third kappa shape index (κ3) is 4.72. The van der Waals surface area contributed by atoms with Crippen molar-refractivity contribution in [1.29, 1.82) is 0 Å². The topological polar surface area (TPSA) is 49.8 Å². The molecule has 1 aromatic heterocycles. The van der Waals surface area contributed by atoms with Gasteiger partial charge in [-0.15, -0.1) is 0 Å². The lowest BCUT2D eigenvalue weighted by molar-refractivity contribution is 0.686. The van der Waals surface area contributed by atoms with Crippen LogP contribution in [0.2, 0.25) is 0 Å². The highest BCUT2D eigenvalue weighted by molar-refractivity contribution is 5.64. The first-order valence-corrected chi connectivity index (χ1v) is 8.03. The molecule has 2 N–H and O–H groups in total. The van der Waals surface area contributed by atoms with Crippen LogP contribution >= 0.6 is 0 Å². The Bertz CT molecular complexity index is 581. The Labute approximate surface area is 133 Å². The van der Waals surface area contributed by atoms with Crippen LogP contribution in [0.1, 0.15) is 34.1 Å². The van der Waals surface area contributed by atoms with Gasteiger partial charge in [0.1, 0.15) is 5.82 Å². The molecular formula is C18H26N4. The minimum absolute atomic E-state index is 0.351. The summed E-state index contributed by atoms with van der Waals surface area (Å²) in [6.45, 7) is 9.56. The van der Waals surface area contributed by atoms with Crippen molar-refractivity contribution in [3.05, 3.63) is 36.4 Å². The fourth-order valence-corrected chi connectivity index (χ4v) is 1.99. The monoisotopic (exact) mass is 298 g/mol. The molecule has 4 nitrogen and oxygen atoms in total. The molecule has 0 fully saturated rings. The largest absolute Gasteiger partial charge is 0.370 e. The highest BCUT2D eigenvalue weighted by Crippen LogP contribution is 2.21. The summed E-state index contributed by atoms with van der Waals surface area (Å²) in [6, 6.07) is 12.6. The van der Waals surface area contributed by atoms with Crippen LogP contribution in [0.4, 0.5) is 11.8 Å². The summed E-state index contributed by atoms with van der Waals surface area (Å²) in [5.41, 5.74) is 2.04. The molecule has 0 amide bonds. The maximum Gasteiger partial charge on any atom is 0.225 e. The molecule has 2 rings (SSSR count). The van der Waals surface area contributed by atoms with Crippen LogP contribution in [0.5, 0.6) is 0 Å². The Balaban J connectivity index is 2.31. The zero-order chi connectivity index (χ0) is 15.9. The molecule has 0 saturated heterocycles. The molecule has 0 aliphatic carbocycles. The summed E-state index contributed by atoms with van der Waals surface area (Å²) >= 11 is 0. The number of benzene rings is 1. The summed E-state index contributed by atoms with van der Waals surface area (Å²) in [5, 5.41) is 6.76. The van der Waals surface area contributed by atoms with Crippen molar-refractivity contribution in [2.75, 3.05) is 17.2 Å². The molecule has 1 heterocycles. The molecular weight excluding hydrogens is 272 g/mol. The van der Waals surface area contributed by atoms with Crippen molar-refractivity contribution in [3.8, 4) is 11.3 Å². The second-order valence-electron chi connectivity index (χ2n) is 6.06. The number of nitrogens with zero attached hydrogens (tertiary/aromatic N) is 2. The Morgan fingerprint density at radius 2 is 1.77 bits per heavy atom. The number of hydrogen-bond donors (Lipinski definition) is 2. The zero-order valence-electron chi connectivity index (χ0n) is 13.9. The van der Waals surface area contributed by atoms with Crippen molar-refractivity contribution >= 4 is 11.8 Å².